The van der Waals surface area contributed by atoms with Crippen molar-refractivity contribution in [1.29, 1.82) is 0 Å². The summed E-state index contributed by atoms with van der Waals surface area (Å²) in [6, 6.07) is 0. The van der Waals surface area contributed by atoms with Gasteiger partial charge >= 0.3 is 5.97 Å². The molecule has 2 unspecified atom stereocenters. The summed E-state index contributed by atoms with van der Waals surface area (Å²) in [6.07, 6.45) is 6.52. The Kier molecular flexibility index (Phi) is 3.55. The van der Waals surface area contributed by atoms with Crippen molar-refractivity contribution in [3.05, 3.63) is 0 Å². The molecule has 5 nitrogen and oxygen atoms in total. The number of ether oxygens (including phenoxy) is 1. The smallest absolute Gasteiger partial charge is 0.306 e. The zero-order chi connectivity index (χ0) is 17.2. The molecule has 1 saturated heterocycles. The number of aliphatic carboxylic acids is 1. The van der Waals surface area contributed by atoms with Crippen molar-refractivity contribution in [2.24, 2.45) is 22.2 Å². The summed E-state index contributed by atoms with van der Waals surface area (Å²) >= 11 is 0. The fraction of sp³-hybridized carbons (Fsp3) is 0.895. The molecule has 4 bridgehead atoms. The number of carbonyl (C=O) groups is 2. The molecule has 5 fully saturated rings. The average Bonchev–Trinajstić information content (AvgIpc) is 2.42. The minimum Gasteiger partial charge on any atom is -0.481 e. The molecule has 5 aliphatic rings. The third-order valence-electron chi connectivity index (χ3n) is 6.91. The largest absolute Gasteiger partial charge is 0.481 e. The summed E-state index contributed by atoms with van der Waals surface area (Å²) in [5.41, 5.74) is 0.432. The van der Waals surface area contributed by atoms with Gasteiger partial charge in [-0.3, -0.25) is 9.59 Å². The van der Waals surface area contributed by atoms with Crippen LogP contribution in [0.25, 0.3) is 0 Å². The van der Waals surface area contributed by atoms with Gasteiger partial charge in [-0.1, -0.05) is 13.8 Å². The lowest BCUT2D eigenvalue weighted by Crippen LogP contribution is -2.61. The molecule has 1 amide bonds. The van der Waals surface area contributed by atoms with Crippen molar-refractivity contribution in [1.82, 2.24) is 4.90 Å². The lowest BCUT2D eigenvalue weighted by molar-refractivity contribution is -0.184. The summed E-state index contributed by atoms with van der Waals surface area (Å²) in [7, 11) is 0. The van der Waals surface area contributed by atoms with E-state index >= 15 is 0 Å². The Balaban J connectivity index is 1.54. The molecule has 0 aromatic carbocycles. The number of hydrogen-bond acceptors (Lipinski definition) is 3. The van der Waals surface area contributed by atoms with Gasteiger partial charge in [-0.05, 0) is 55.3 Å². The van der Waals surface area contributed by atoms with E-state index < -0.39 is 5.97 Å². The van der Waals surface area contributed by atoms with Crippen LogP contribution in [0.4, 0.5) is 0 Å². The van der Waals surface area contributed by atoms with Gasteiger partial charge in [-0.2, -0.15) is 0 Å². The molecule has 0 aromatic rings. The zero-order valence-corrected chi connectivity index (χ0v) is 14.8. The molecular weight excluding hydrogens is 306 g/mol. The highest BCUT2D eigenvalue weighted by molar-refractivity contribution is 5.84. The molecule has 5 heteroatoms. The highest BCUT2D eigenvalue weighted by Gasteiger charge is 2.63. The van der Waals surface area contributed by atoms with Gasteiger partial charge in [-0.25, -0.2) is 0 Å². The predicted octanol–water partition coefficient (Wildman–Crippen LogP) is 2.69. The summed E-state index contributed by atoms with van der Waals surface area (Å²) < 4.78 is 5.55. The SMILES string of the molecule is C[C@]12CC3CC(C(=O)N4CCO[C@H](CC(=O)O)C4)(C1)C[C@@](C)(C3)C2. The van der Waals surface area contributed by atoms with Crippen LogP contribution in [0.1, 0.15) is 58.8 Å². The molecule has 1 heterocycles. The number of carbonyl (C=O) groups excluding carboxylic acids is 1. The Bertz CT molecular complexity index is 556. The number of hydrogen-bond donors (Lipinski definition) is 1. The first-order valence-electron chi connectivity index (χ1n) is 9.34. The van der Waals surface area contributed by atoms with Crippen molar-refractivity contribution in [2.75, 3.05) is 19.7 Å². The number of nitrogens with zero attached hydrogens (tertiary/aromatic N) is 1. The number of carboxylic acids is 1. The Labute approximate surface area is 143 Å². The highest BCUT2D eigenvalue weighted by atomic mass is 16.5. The second kappa shape index (κ2) is 5.20. The van der Waals surface area contributed by atoms with Gasteiger partial charge in [-0.15, -0.1) is 0 Å². The Morgan fingerprint density at radius 1 is 1.12 bits per heavy atom. The van der Waals surface area contributed by atoms with E-state index in [1.54, 1.807) is 0 Å². The van der Waals surface area contributed by atoms with Crippen LogP contribution in [0.2, 0.25) is 0 Å². The fourth-order valence-electron chi connectivity index (χ4n) is 7.24. The summed E-state index contributed by atoms with van der Waals surface area (Å²) in [4.78, 5) is 26.4. The van der Waals surface area contributed by atoms with E-state index in [4.69, 9.17) is 9.84 Å². The van der Waals surface area contributed by atoms with Gasteiger partial charge < -0.3 is 14.7 Å². The second-order valence-corrected chi connectivity index (χ2v) is 9.75. The van der Waals surface area contributed by atoms with E-state index in [0.717, 1.165) is 19.3 Å². The van der Waals surface area contributed by atoms with E-state index in [2.05, 4.69) is 13.8 Å². The quantitative estimate of drug-likeness (QED) is 0.861. The molecule has 5 rings (SSSR count). The van der Waals surface area contributed by atoms with Crippen LogP contribution in [0, 0.1) is 22.2 Å². The van der Waals surface area contributed by atoms with Crippen molar-refractivity contribution in [2.45, 2.75) is 64.9 Å². The topological polar surface area (TPSA) is 66.8 Å². The minimum absolute atomic E-state index is 0.0190. The van der Waals surface area contributed by atoms with Gasteiger partial charge in [0.05, 0.1) is 24.5 Å². The molecule has 1 aliphatic heterocycles. The maximum Gasteiger partial charge on any atom is 0.306 e. The minimum atomic E-state index is -0.857. The molecule has 24 heavy (non-hydrogen) atoms. The summed E-state index contributed by atoms with van der Waals surface area (Å²) in [6.45, 7) is 6.26. The predicted molar refractivity (Wildman–Crippen MR) is 88.4 cm³/mol. The van der Waals surface area contributed by atoms with E-state index in [1.807, 2.05) is 4.90 Å². The number of carboxylic acid groups (broad SMARTS) is 1. The van der Waals surface area contributed by atoms with Crippen LogP contribution in [0.3, 0.4) is 0 Å². The van der Waals surface area contributed by atoms with Crippen LogP contribution in [-0.4, -0.2) is 47.7 Å². The Morgan fingerprint density at radius 3 is 2.38 bits per heavy atom. The van der Waals surface area contributed by atoms with Crippen LogP contribution in [-0.2, 0) is 14.3 Å². The molecule has 0 spiro atoms. The number of rotatable bonds is 3. The lowest BCUT2D eigenvalue weighted by atomic mass is 9.40. The Morgan fingerprint density at radius 2 is 1.79 bits per heavy atom. The number of amides is 1. The van der Waals surface area contributed by atoms with Crippen LogP contribution < -0.4 is 0 Å². The standard InChI is InChI=1S/C19H29NO4/c1-17-6-13-7-18(2,10-17)12-19(8-13,11-17)16(23)20-3-4-24-14(9-20)5-15(21)22/h13-14H,3-12H2,1-2H3,(H,21,22)/t13?,14-,17-,18+,19?/m1/s1. The monoisotopic (exact) mass is 335 g/mol. The van der Waals surface area contributed by atoms with E-state index in [1.165, 1.54) is 19.3 Å². The third kappa shape index (κ3) is 2.65. The van der Waals surface area contributed by atoms with Crippen molar-refractivity contribution >= 4 is 11.9 Å². The van der Waals surface area contributed by atoms with E-state index in [0.29, 0.717) is 36.4 Å². The van der Waals surface area contributed by atoms with Gasteiger partial charge in [0.1, 0.15) is 0 Å². The fourth-order valence-corrected chi connectivity index (χ4v) is 7.24. The maximum atomic E-state index is 13.5. The van der Waals surface area contributed by atoms with E-state index in [-0.39, 0.29) is 23.8 Å². The molecule has 4 aliphatic carbocycles. The van der Waals surface area contributed by atoms with Gasteiger partial charge in [0.15, 0.2) is 0 Å². The average molecular weight is 335 g/mol. The lowest BCUT2D eigenvalue weighted by Gasteiger charge is -2.65. The molecule has 1 N–H and O–H groups in total. The van der Waals surface area contributed by atoms with E-state index in [9.17, 15) is 9.59 Å². The first kappa shape index (κ1) is 16.4. The van der Waals surface area contributed by atoms with Gasteiger partial charge in [0.2, 0.25) is 5.91 Å². The van der Waals surface area contributed by atoms with Gasteiger partial charge in [0.25, 0.3) is 0 Å². The van der Waals surface area contributed by atoms with Crippen LogP contribution in [0.5, 0.6) is 0 Å². The molecule has 4 saturated carbocycles. The first-order chi connectivity index (χ1) is 11.2. The molecular formula is C19H29NO4. The second-order valence-electron chi connectivity index (χ2n) is 9.75. The number of morpholine rings is 1. The van der Waals surface area contributed by atoms with Crippen LogP contribution >= 0.6 is 0 Å². The first-order valence-corrected chi connectivity index (χ1v) is 9.34. The molecule has 134 valence electrons. The molecule has 0 aromatic heterocycles. The normalized spacial score (nSPS) is 47.0. The van der Waals surface area contributed by atoms with Crippen molar-refractivity contribution < 1.29 is 19.4 Å². The Hall–Kier alpha value is -1.10. The molecule has 0 radical (unpaired) electrons. The highest BCUT2D eigenvalue weighted by Crippen LogP contribution is 2.69. The zero-order valence-electron chi connectivity index (χ0n) is 14.8. The maximum absolute atomic E-state index is 13.5. The van der Waals surface area contributed by atoms with Gasteiger partial charge in [0, 0.05) is 13.1 Å². The molecule has 5 atom stereocenters. The summed E-state index contributed by atoms with van der Waals surface area (Å²) in [5.74, 6) is 0.114. The summed E-state index contributed by atoms with van der Waals surface area (Å²) in [5, 5.41) is 9.00. The third-order valence-corrected chi connectivity index (χ3v) is 6.91. The van der Waals surface area contributed by atoms with Crippen molar-refractivity contribution in [3.63, 3.8) is 0 Å². The van der Waals surface area contributed by atoms with Crippen molar-refractivity contribution in [3.8, 4) is 0 Å². The van der Waals surface area contributed by atoms with Crippen LogP contribution in [0.15, 0.2) is 0 Å².